The molecule has 172 valence electrons. The average molecular weight is 559 g/mol. The van der Waals surface area contributed by atoms with Gasteiger partial charge >= 0.3 is 0 Å². The molecule has 1 saturated heterocycles. The Kier molecular flexibility index (Phi) is 11.0. The molecule has 2 aromatic rings. The number of aromatic nitrogens is 1. The van der Waals surface area contributed by atoms with Crippen molar-refractivity contribution < 1.29 is 9.47 Å². The van der Waals surface area contributed by atoms with Gasteiger partial charge in [-0.3, -0.25) is 0 Å². The first-order valence-corrected chi connectivity index (χ1v) is 11.7. The van der Waals surface area contributed by atoms with Crippen LogP contribution < -0.4 is 15.4 Å². The molecule has 1 fully saturated rings. The minimum absolute atomic E-state index is 0. The topological polar surface area (TPSA) is 67.8 Å². The fourth-order valence-electron chi connectivity index (χ4n) is 3.20. The molecular weight excluding hydrogens is 523 g/mol. The lowest BCUT2D eigenvalue weighted by atomic mass is 10.1. The molecule has 1 aromatic heterocycles. The number of guanidine groups is 1. The van der Waals surface area contributed by atoms with Crippen molar-refractivity contribution in [1.29, 1.82) is 0 Å². The minimum atomic E-state index is 0. The van der Waals surface area contributed by atoms with E-state index in [1.165, 1.54) is 10.6 Å². The molecule has 2 N–H and O–H groups in total. The van der Waals surface area contributed by atoms with Gasteiger partial charge < -0.3 is 20.1 Å². The van der Waals surface area contributed by atoms with Crippen LogP contribution in [0.2, 0.25) is 0 Å². The molecule has 1 atom stereocenters. The van der Waals surface area contributed by atoms with Crippen molar-refractivity contribution in [3.05, 3.63) is 45.4 Å². The highest BCUT2D eigenvalue weighted by Crippen LogP contribution is 2.23. The Morgan fingerprint density at radius 3 is 2.87 bits per heavy atom. The summed E-state index contributed by atoms with van der Waals surface area (Å²) in [6, 6.07) is 6.32. The lowest BCUT2D eigenvalue weighted by Gasteiger charge is -2.15. The number of rotatable bonds is 9. The number of nitrogens with zero attached hydrogens (tertiary/aromatic N) is 2. The van der Waals surface area contributed by atoms with E-state index in [0.29, 0.717) is 31.5 Å². The van der Waals surface area contributed by atoms with Gasteiger partial charge in [0.2, 0.25) is 0 Å². The molecule has 2 heterocycles. The second-order valence-corrected chi connectivity index (χ2v) is 8.92. The van der Waals surface area contributed by atoms with E-state index in [0.717, 1.165) is 49.1 Å². The Hall–Kier alpha value is -1.39. The zero-order valence-corrected chi connectivity index (χ0v) is 22.1. The average Bonchev–Trinajstić information content (AvgIpc) is 3.41. The van der Waals surface area contributed by atoms with Crippen molar-refractivity contribution in [1.82, 2.24) is 15.6 Å². The first-order chi connectivity index (χ1) is 14.5. The molecule has 3 rings (SSSR count). The fraction of sp³-hybridized carbons (Fsp3) is 0.565. The molecule has 6 nitrogen and oxygen atoms in total. The highest BCUT2D eigenvalue weighted by Gasteiger charge is 2.17. The van der Waals surface area contributed by atoms with E-state index in [1.807, 2.05) is 0 Å². The summed E-state index contributed by atoms with van der Waals surface area (Å²) in [6.07, 6.45) is 1.07. The molecule has 1 unspecified atom stereocenters. The van der Waals surface area contributed by atoms with Crippen LogP contribution in [0, 0.1) is 12.8 Å². The number of aryl methyl sites for hydroxylation is 1. The summed E-state index contributed by atoms with van der Waals surface area (Å²) in [5.41, 5.74) is 3.33. The van der Waals surface area contributed by atoms with Crippen LogP contribution in [0.5, 0.6) is 5.75 Å². The van der Waals surface area contributed by atoms with E-state index in [-0.39, 0.29) is 24.0 Å². The first-order valence-electron chi connectivity index (χ1n) is 10.8. The second-order valence-electron chi connectivity index (χ2n) is 8.03. The van der Waals surface area contributed by atoms with Crippen molar-refractivity contribution in [3.63, 3.8) is 0 Å². The molecule has 0 radical (unpaired) electrons. The van der Waals surface area contributed by atoms with Crippen molar-refractivity contribution in [2.75, 3.05) is 26.4 Å². The summed E-state index contributed by atoms with van der Waals surface area (Å²) in [7, 11) is 0. The van der Waals surface area contributed by atoms with E-state index in [4.69, 9.17) is 14.5 Å². The number of thiazole rings is 1. The number of hydrogen-bond acceptors (Lipinski definition) is 5. The Morgan fingerprint density at radius 2 is 2.19 bits per heavy atom. The first kappa shape index (κ1) is 25.9. The molecule has 0 bridgehead atoms. The smallest absolute Gasteiger partial charge is 0.191 e. The predicted molar refractivity (Wildman–Crippen MR) is 139 cm³/mol. The highest BCUT2D eigenvalue weighted by atomic mass is 127. The SMILES string of the molecule is CCNC(=NCc1ccc(C)cc1OCC1CCOC1)NCc1csc(C(C)C)n1.I. The zero-order valence-electron chi connectivity index (χ0n) is 18.9. The van der Waals surface area contributed by atoms with Crippen LogP contribution in [-0.2, 0) is 17.8 Å². The number of nitrogens with one attached hydrogen (secondary N) is 2. The van der Waals surface area contributed by atoms with E-state index in [1.54, 1.807) is 11.3 Å². The molecule has 0 spiro atoms. The minimum Gasteiger partial charge on any atom is -0.493 e. The van der Waals surface area contributed by atoms with E-state index >= 15 is 0 Å². The molecule has 1 aromatic carbocycles. The quantitative estimate of drug-likeness (QED) is 0.262. The maximum Gasteiger partial charge on any atom is 0.191 e. The van der Waals surface area contributed by atoms with E-state index in [2.05, 4.69) is 66.9 Å². The molecule has 31 heavy (non-hydrogen) atoms. The van der Waals surface area contributed by atoms with E-state index in [9.17, 15) is 0 Å². The number of ether oxygens (including phenoxy) is 2. The monoisotopic (exact) mass is 558 g/mol. The summed E-state index contributed by atoms with van der Waals surface area (Å²) in [4.78, 5) is 9.47. The zero-order chi connectivity index (χ0) is 21.3. The van der Waals surface area contributed by atoms with Crippen molar-refractivity contribution in [2.45, 2.75) is 53.1 Å². The molecule has 1 aliphatic heterocycles. The number of hydrogen-bond donors (Lipinski definition) is 2. The van der Waals surface area contributed by atoms with Crippen molar-refractivity contribution >= 4 is 41.3 Å². The molecule has 0 saturated carbocycles. The van der Waals surface area contributed by atoms with Crippen LogP contribution in [0.3, 0.4) is 0 Å². The van der Waals surface area contributed by atoms with E-state index < -0.39 is 0 Å². The third-order valence-corrected chi connectivity index (χ3v) is 6.17. The summed E-state index contributed by atoms with van der Waals surface area (Å²) in [6.45, 7) is 12.8. The Balaban J connectivity index is 0.00000341. The Bertz CT molecular complexity index is 835. The van der Waals surface area contributed by atoms with Gasteiger partial charge in [-0.25, -0.2) is 9.98 Å². The fourth-order valence-corrected chi connectivity index (χ4v) is 4.03. The summed E-state index contributed by atoms with van der Waals surface area (Å²) in [5, 5.41) is 10.00. The van der Waals surface area contributed by atoms with Gasteiger partial charge in [0.15, 0.2) is 5.96 Å². The van der Waals surface area contributed by atoms with Crippen LogP contribution in [-0.4, -0.2) is 37.3 Å². The van der Waals surface area contributed by atoms with Crippen molar-refractivity contribution in [3.8, 4) is 5.75 Å². The largest absolute Gasteiger partial charge is 0.493 e. The molecule has 0 aliphatic carbocycles. The van der Waals surface area contributed by atoms with Crippen LogP contribution in [0.15, 0.2) is 28.6 Å². The van der Waals surface area contributed by atoms with Crippen LogP contribution >= 0.6 is 35.3 Å². The van der Waals surface area contributed by atoms with Gasteiger partial charge in [-0.1, -0.05) is 26.0 Å². The van der Waals surface area contributed by atoms with Gasteiger partial charge in [-0.15, -0.1) is 35.3 Å². The normalized spacial score (nSPS) is 16.3. The maximum absolute atomic E-state index is 6.15. The molecule has 1 aliphatic rings. The Morgan fingerprint density at radius 1 is 1.35 bits per heavy atom. The highest BCUT2D eigenvalue weighted by molar-refractivity contribution is 14.0. The molecular formula is C23H35IN4O2S. The van der Waals surface area contributed by atoms with Crippen LogP contribution in [0.25, 0.3) is 0 Å². The van der Waals surface area contributed by atoms with Crippen molar-refractivity contribution in [2.24, 2.45) is 10.9 Å². The van der Waals surface area contributed by atoms with Gasteiger partial charge in [0.05, 0.1) is 37.0 Å². The molecule has 0 amide bonds. The van der Waals surface area contributed by atoms with Crippen LogP contribution in [0.1, 0.15) is 54.9 Å². The lowest BCUT2D eigenvalue weighted by molar-refractivity contribution is 0.166. The van der Waals surface area contributed by atoms with Gasteiger partial charge in [0.25, 0.3) is 0 Å². The number of halogens is 1. The lowest BCUT2D eigenvalue weighted by Crippen LogP contribution is -2.36. The third kappa shape index (κ3) is 8.23. The third-order valence-electron chi connectivity index (χ3n) is 4.97. The van der Waals surface area contributed by atoms with Gasteiger partial charge in [0.1, 0.15) is 5.75 Å². The standard InChI is InChI=1S/C23H34N4O2S.HI/c1-5-24-23(26-12-20-15-30-22(27-20)16(2)3)25-11-19-7-6-17(4)10-21(19)29-14-18-8-9-28-13-18;/h6-7,10,15-16,18H,5,8-9,11-14H2,1-4H3,(H2,24,25,26);1H. The predicted octanol–water partition coefficient (Wildman–Crippen LogP) is 4.86. The Labute approximate surface area is 207 Å². The van der Waals surface area contributed by atoms with Gasteiger partial charge in [0, 0.05) is 35.9 Å². The van der Waals surface area contributed by atoms with Gasteiger partial charge in [-0.05, 0) is 31.9 Å². The number of benzene rings is 1. The summed E-state index contributed by atoms with van der Waals surface area (Å²) < 4.78 is 11.6. The maximum atomic E-state index is 6.15. The number of aliphatic imine (C=N–C) groups is 1. The van der Waals surface area contributed by atoms with Crippen LogP contribution in [0.4, 0.5) is 0 Å². The summed E-state index contributed by atoms with van der Waals surface area (Å²) >= 11 is 1.72. The summed E-state index contributed by atoms with van der Waals surface area (Å²) in [5.74, 6) is 2.64. The molecule has 8 heteroatoms. The van der Waals surface area contributed by atoms with Gasteiger partial charge in [-0.2, -0.15) is 0 Å². The second kappa shape index (κ2) is 13.2.